The topological polar surface area (TPSA) is 143 Å². The Bertz CT molecular complexity index is 1590. The number of sulfonamides is 1. The van der Waals surface area contributed by atoms with Gasteiger partial charge in [0.05, 0.1) is 35.6 Å². The molecule has 0 unspecified atom stereocenters. The van der Waals surface area contributed by atoms with Crippen LogP contribution in [0.2, 0.25) is 0 Å². The molecule has 3 amide bonds. The van der Waals surface area contributed by atoms with E-state index in [1.165, 1.54) is 24.5 Å². The molecule has 1 aromatic heterocycles. The zero-order chi connectivity index (χ0) is 27.9. The molecule has 0 aliphatic carbocycles. The summed E-state index contributed by atoms with van der Waals surface area (Å²) >= 11 is 1.27. The molecule has 2 aliphatic rings. The van der Waals surface area contributed by atoms with Gasteiger partial charge in [0.25, 0.3) is 5.91 Å². The van der Waals surface area contributed by atoms with E-state index in [4.69, 9.17) is 9.47 Å². The van der Waals surface area contributed by atoms with Crippen LogP contribution in [0.4, 0.5) is 15.5 Å². The number of hydrogen-bond donors (Lipinski definition) is 3. The van der Waals surface area contributed by atoms with Crippen molar-refractivity contribution in [3.8, 4) is 11.5 Å². The maximum atomic E-state index is 13.8. The van der Waals surface area contributed by atoms with Crippen molar-refractivity contribution in [3.05, 3.63) is 47.5 Å². The molecule has 1 fully saturated rings. The van der Waals surface area contributed by atoms with Crippen LogP contribution in [0.5, 0.6) is 11.5 Å². The first-order valence-corrected chi connectivity index (χ1v) is 14.9. The highest BCUT2D eigenvalue weighted by Crippen LogP contribution is 2.43. The molecule has 206 valence electrons. The third-order valence-electron chi connectivity index (χ3n) is 6.92. The Hall–Kier alpha value is -3.84. The van der Waals surface area contributed by atoms with Crippen LogP contribution >= 0.6 is 11.3 Å². The third-order valence-corrected chi connectivity index (χ3v) is 8.66. The molecule has 3 heterocycles. The van der Waals surface area contributed by atoms with Crippen LogP contribution in [0.1, 0.15) is 40.0 Å². The first-order valence-electron chi connectivity index (χ1n) is 12.2. The molecule has 13 heteroatoms. The Labute approximate surface area is 229 Å². The van der Waals surface area contributed by atoms with E-state index in [1.54, 1.807) is 36.3 Å². The molecule has 1 spiro atoms. The maximum Gasteiger partial charge on any atom is 0.319 e. The number of fused-ring (bicyclic) bond motifs is 2. The average Bonchev–Trinajstić information content (AvgIpc) is 3.26. The quantitative estimate of drug-likeness (QED) is 0.423. The number of hydrogen-bond acceptors (Lipinski definition) is 8. The van der Waals surface area contributed by atoms with Crippen LogP contribution in [-0.2, 0) is 10.0 Å². The van der Waals surface area contributed by atoms with Crippen LogP contribution in [0, 0.1) is 0 Å². The second kappa shape index (κ2) is 10.0. The lowest BCUT2D eigenvalue weighted by atomic mass is 9.82. The molecular formula is C26H28N4O7S2. The first kappa shape index (κ1) is 26.8. The molecule has 0 saturated carbocycles. The average molecular weight is 573 g/mol. The Morgan fingerprint density at radius 2 is 1.90 bits per heavy atom. The zero-order valence-electron chi connectivity index (χ0n) is 21.6. The van der Waals surface area contributed by atoms with Crippen molar-refractivity contribution < 1.29 is 32.3 Å². The summed E-state index contributed by atoms with van der Waals surface area (Å²) in [5.41, 5.74) is 0.266. The summed E-state index contributed by atoms with van der Waals surface area (Å²) in [7, 11) is -0.427. The van der Waals surface area contributed by atoms with Gasteiger partial charge in [-0.15, -0.1) is 11.3 Å². The highest BCUT2D eigenvalue weighted by Gasteiger charge is 2.44. The number of rotatable bonds is 5. The van der Waals surface area contributed by atoms with Crippen molar-refractivity contribution in [2.75, 3.05) is 43.5 Å². The smallest absolute Gasteiger partial charge is 0.319 e. The Kier molecular flexibility index (Phi) is 6.89. The Balaban J connectivity index is 1.37. The van der Waals surface area contributed by atoms with Gasteiger partial charge >= 0.3 is 6.03 Å². The number of carbonyl (C=O) groups excluding carboxylic acids is 3. The number of benzene rings is 2. The van der Waals surface area contributed by atoms with E-state index in [0.29, 0.717) is 64.6 Å². The molecule has 3 N–H and O–H groups in total. The molecule has 11 nitrogen and oxygen atoms in total. The largest absolute Gasteiger partial charge is 0.495 e. The molecule has 1 saturated heterocycles. The molecule has 5 rings (SSSR count). The van der Waals surface area contributed by atoms with Crippen LogP contribution in [0.25, 0.3) is 10.1 Å². The number of piperidine rings is 1. The lowest BCUT2D eigenvalue weighted by Gasteiger charge is -2.44. The van der Waals surface area contributed by atoms with E-state index in [0.717, 1.165) is 11.0 Å². The molecule has 39 heavy (non-hydrogen) atoms. The number of ether oxygens (including phenoxy) is 2. The van der Waals surface area contributed by atoms with Gasteiger partial charge in [-0.3, -0.25) is 19.6 Å². The summed E-state index contributed by atoms with van der Waals surface area (Å²) < 4.78 is 38.1. The fourth-order valence-corrected chi connectivity index (χ4v) is 6.78. The molecule has 3 aromatic rings. The number of Topliss-reactive ketones (excluding diaryl/α,β-unsaturated/α-hetero) is 1. The highest BCUT2D eigenvalue weighted by atomic mass is 32.2. The first-order chi connectivity index (χ1) is 18.5. The van der Waals surface area contributed by atoms with E-state index < -0.39 is 21.7 Å². The summed E-state index contributed by atoms with van der Waals surface area (Å²) in [6.07, 6.45) is 2.06. The van der Waals surface area contributed by atoms with Crippen LogP contribution < -0.4 is 24.8 Å². The third kappa shape index (κ3) is 5.23. The van der Waals surface area contributed by atoms with Crippen molar-refractivity contribution in [2.24, 2.45) is 0 Å². The summed E-state index contributed by atoms with van der Waals surface area (Å²) in [4.78, 5) is 40.7. The van der Waals surface area contributed by atoms with Crippen molar-refractivity contribution in [1.29, 1.82) is 0 Å². The maximum absolute atomic E-state index is 13.8. The highest BCUT2D eigenvalue weighted by molar-refractivity contribution is 7.92. The van der Waals surface area contributed by atoms with E-state index >= 15 is 0 Å². The van der Waals surface area contributed by atoms with Gasteiger partial charge in [0.1, 0.15) is 22.1 Å². The number of carbonyl (C=O) groups is 3. The van der Waals surface area contributed by atoms with Gasteiger partial charge in [-0.2, -0.15) is 0 Å². The van der Waals surface area contributed by atoms with Gasteiger partial charge in [0, 0.05) is 44.1 Å². The van der Waals surface area contributed by atoms with E-state index in [1.807, 2.05) is 6.07 Å². The normalized spacial score (nSPS) is 16.4. The number of methoxy groups -OCH3 is 1. The molecule has 2 aromatic carbocycles. The monoisotopic (exact) mass is 572 g/mol. The number of ketones is 1. The van der Waals surface area contributed by atoms with E-state index in [-0.39, 0.29) is 18.1 Å². The second-order valence-corrected chi connectivity index (χ2v) is 12.4. The predicted molar refractivity (Wildman–Crippen MR) is 149 cm³/mol. The Morgan fingerprint density at radius 3 is 2.56 bits per heavy atom. The number of likely N-dealkylation sites (tertiary alicyclic amines) is 1. The van der Waals surface area contributed by atoms with Crippen molar-refractivity contribution in [3.63, 3.8) is 0 Å². The van der Waals surface area contributed by atoms with Gasteiger partial charge in [-0.25, -0.2) is 13.2 Å². The van der Waals surface area contributed by atoms with Crippen LogP contribution in [0.3, 0.4) is 0 Å². The summed E-state index contributed by atoms with van der Waals surface area (Å²) in [6, 6.07) is 9.64. The van der Waals surface area contributed by atoms with Crippen molar-refractivity contribution in [2.45, 2.75) is 24.9 Å². The zero-order valence-corrected chi connectivity index (χ0v) is 23.3. The SMILES string of the molecule is CNC(=O)Nc1sc2c(OC)cccc2c1C(=O)N1CCC2(CC1)CC(=O)c1cc(NS(C)(=O)=O)ccc1O2. The van der Waals surface area contributed by atoms with Gasteiger partial charge in [-0.05, 0) is 24.3 Å². The lowest BCUT2D eigenvalue weighted by molar-refractivity contribution is -0.00561. The standard InChI is InChI=1S/C26H28N4O7S2/c1-27-25(33)28-23-21(16-5-4-6-20(36-2)22(16)38-23)24(32)30-11-9-26(10-12-30)14-18(31)17-13-15(29-39(3,34)35)7-8-19(17)37-26/h4-8,13,29H,9-12,14H2,1-3H3,(H2,27,28,33). The van der Waals surface area contributed by atoms with Crippen LogP contribution in [-0.4, -0.2) is 70.1 Å². The summed E-state index contributed by atoms with van der Waals surface area (Å²) in [6.45, 7) is 0.714. The predicted octanol–water partition coefficient (Wildman–Crippen LogP) is 3.67. The molecular weight excluding hydrogens is 544 g/mol. The van der Waals surface area contributed by atoms with Crippen molar-refractivity contribution >= 4 is 59.9 Å². The Morgan fingerprint density at radius 1 is 1.15 bits per heavy atom. The van der Waals surface area contributed by atoms with E-state index in [2.05, 4.69) is 15.4 Å². The van der Waals surface area contributed by atoms with Gasteiger partial charge < -0.3 is 19.7 Å². The number of thiophene rings is 1. The molecule has 2 aliphatic heterocycles. The van der Waals surface area contributed by atoms with Gasteiger partial charge in [0.15, 0.2) is 5.78 Å². The number of nitrogens with one attached hydrogen (secondary N) is 3. The lowest BCUT2D eigenvalue weighted by Crippen LogP contribution is -2.52. The summed E-state index contributed by atoms with van der Waals surface area (Å²) in [5, 5.41) is 6.40. The number of amides is 3. The minimum atomic E-state index is -3.48. The number of urea groups is 1. The number of nitrogens with zero attached hydrogens (tertiary/aromatic N) is 1. The summed E-state index contributed by atoms with van der Waals surface area (Å²) in [5.74, 6) is 0.644. The van der Waals surface area contributed by atoms with Crippen molar-refractivity contribution in [1.82, 2.24) is 10.2 Å². The fraction of sp³-hybridized carbons (Fsp3) is 0.346. The van der Waals surface area contributed by atoms with E-state index in [9.17, 15) is 22.8 Å². The number of anilines is 2. The van der Waals surface area contributed by atoms with Gasteiger partial charge in [0.2, 0.25) is 10.0 Å². The van der Waals surface area contributed by atoms with Crippen LogP contribution in [0.15, 0.2) is 36.4 Å². The second-order valence-electron chi connectivity index (χ2n) is 9.61. The fourth-order valence-electron chi connectivity index (χ4n) is 5.05. The van der Waals surface area contributed by atoms with Gasteiger partial charge in [-0.1, -0.05) is 12.1 Å². The molecule has 0 radical (unpaired) electrons. The minimum absolute atomic E-state index is 0.131. The molecule has 0 bridgehead atoms. The molecule has 0 atom stereocenters. The minimum Gasteiger partial charge on any atom is -0.495 e.